The van der Waals surface area contributed by atoms with Crippen LogP contribution in [0, 0.1) is 0 Å². The molecule has 2 aliphatic heterocycles. The number of hydrogen-bond donors (Lipinski definition) is 1. The molecule has 5 heteroatoms. The smallest absolute Gasteiger partial charge is 0.220 e. The molecule has 0 aliphatic carbocycles. The number of nitrogens with zero attached hydrogens (tertiary/aromatic N) is 1. The maximum absolute atomic E-state index is 12.5. The minimum absolute atomic E-state index is 0.129. The number of likely N-dealkylation sites (tertiary alicyclic amines) is 1. The Morgan fingerprint density at radius 2 is 2.04 bits per heavy atom. The van der Waals surface area contributed by atoms with E-state index in [-0.39, 0.29) is 23.5 Å². The van der Waals surface area contributed by atoms with Crippen molar-refractivity contribution < 1.29 is 13.9 Å². The number of hydrogen-bond acceptors (Lipinski definition) is 4. The fraction of sp³-hybridized carbons (Fsp3) is 0.522. The summed E-state index contributed by atoms with van der Waals surface area (Å²) in [5, 5.41) is 3.05. The molecule has 1 spiro atoms. The summed E-state index contributed by atoms with van der Waals surface area (Å²) < 4.78 is 11.8. The van der Waals surface area contributed by atoms with Crippen molar-refractivity contribution in [3.8, 4) is 5.75 Å². The van der Waals surface area contributed by atoms with Gasteiger partial charge in [-0.1, -0.05) is 18.2 Å². The number of nitrogens with one attached hydrogen (secondary N) is 1. The largest absolute Gasteiger partial charge is 0.487 e. The molecule has 150 valence electrons. The van der Waals surface area contributed by atoms with E-state index in [0.717, 1.165) is 44.6 Å². The number of piperidine rings is 1. The number of furan rings is 1. The highest BCUT2D eigenvalue weighted by molar-refractivity contribution is 5.77. The zero-order valence-electron chi connectivity index (χ0n) is 16.8. The van der Waals surface area contributed by atoms with Gasteiger partial charge in [-0.2, -0.15) is 0 Å². The van der Waals surface area contributed by atoms with Crippen molar-refractivity contribution in [2.75, 3.05) is 13.1 Å². The predicted octanol–water partition coefficient (Wildman–Crippen LogP) is 4.10. The highest BCUT2D eigenvalue weighted by Gasteiger charge is 2.43. The van der Waals surface area contributed by atoms with Gasteiger partial charge in [-0.15, -0.1) is 0 Å². The fourth-order valence-electron chi connectivity index (χ4n) is 4.60. The van der Waals surface area contributed by atoms with Crippen LogP contribution in [0.15, 0.2) is 47.3 Å². The van der Waals surface area contributed by atoms with E-state index >= 15 is 0 Å². The Kier molecular flexibility index (Phi) is 5.44. The quantitative estimate of drug-likeness (QED) is 0.846. The number of rotatable bonds is 5. The first kappa shape index (κ1) is 19.1. The van der Waals surface area contributed by atoms with E-state index < -0.39 is 0 Å². The number of amides is 1. The van der Waals surface area contributed by atoms with Gasteiger partial charge < -0.3 is 14.5 Å². The van der Waals surface area contributed by atoms with Crippen LogP contribution < -0.4 is 10.1 Å². The van der Waals surface area contributed by atoms with Gasteiger partial charge in [0.05, 0.1) is 12.5 Å². The third-order valence-corrected chi connectivity index (χ3v) is 5.94. The van der Waals surface area contributed by atoms with Gasteiger partial charge in [0.2, 0.25) is 5.91 Å². The molecule has 1 aromatic carbocycles. The topological polar surface area (TPSA) is 54.7 Å². The third-order valence-electron chi connectivity index (χ3n) is 5.94. The Labute approximate surface area is 167 Å². The molecule has 1 N–H and O–H groups in total. The fourth-order valence-corrected chi connectivity index (χ4v) is 4.60. The highest BCUT2D eigenvalue weighted by atomic mass is 16.5. The molecule has 0 unspecified atom stereocenters. The van der Waals surface area contributed by atoms with E-state index in [1.807, 2.05) is 38.3 Å². The highest BCUT2D eigenvalue weighted by Crippen LogP contribution is 2.46. The van der Waals surface area contributed by atoms with Crippen LogP contribution in [0.25, 0.3) is 0 Å². The summed E-state index contributed by atoms with van der Waals surface area (Å²) in [6.45, 7) is 6.93. The summed E-state index contributed by atoms with van der Waals surface area (Å²) in [4.78, 5) is 14.9. The van der Waals surface area contributed by atoms with Crippen LogP contribution in [0.5, 0.6) is 5.75 Å². The van der Waals surface area contributed by atoms with Crippen LogP contribution in [-0.4, -0.2) is 35.5 Å². The molecular formula is C23H30N2O3. The molecule has 3 heterocycles. The summed E-state index contributed by atoms with van der Waals surface area (Å²) in [6.07, 6.45) is 6.97. The van der Waals surface area contributed by atoms with Gasteiger partial charge in [0.15, 0.2) is 0 Å². The second kappa shape index (κ2) is 8.00. The average Bonchev–Trinajstić information content (AvgIpc) is 3.16. The number of fused-ring (bicyclic) bond motifs is 1. The summed E-state index contributed by atoms with van der Waals surface area (Å²) in [5.74, 6) is 1.30. The molecule has 1 aromatic heterocycles. The van der Waals surface area contributed by atoms with Crippen molar-refractivity contribution >= 4 is 5.91 Å². The standard InChI is InChI=1S/C23H30N2O3/c1-17(2)24-22(26)13-19-14-23(28-21-6-4-3-5-20(19)21)8-10-25(11-9-23)15-18-7-12-27-16-18/h3-7,12,16-17,19H,8-11,13-15H2,1-2H3,(H,24,26)/t19-/m0/s1. The van der Waals surface area contributed by atoms with Crippen LogP contribution in [0.4, 0.5) is 0 Å². The first-order valence-corrected chi connectivity index (χ1v) is 10.3. The van der Waals surface area contributed by atoms with E-state index in [9.17, 15) is 4.79 Å². The molecule has 1 atom stereocenters. The molecular weight excluding hydrogens is 352 g/mol. The molecule has 0 bridgehead atoms. The van der Waals surface area contributed by atoms with Crippen LogP contribution in [-0.2, 0) is 11.3 Å². The maximum Gasteiger partial charge on any atom is 0.220 e. The first-order valence-electron chi connectivity index (χ1n) is 10.3. The molecule has 1 fully saturated rings. The normalized spacial score (nSPS) is 21.3. The van der Waals surface area contributed by atoms with Crippen molar-refractivity contribution in [3.05, 3.63) is 54.0 Å². The van der Waals surface area contributed by atoms with Crippen molar-refractivity contribution in [1.82, 2.24) is 10.2 Å². The van der Waals surface area contributed by atoms with E-state index in [1.165, 1.54) is 11.1 Å². The molecule has 1 saturated heterocycles. The van der Waals surface area contributed by atoms with E-state index in [2.05, 4.69) is 22.3 Å². The van der Waals surface area contributed by atoms with Gasteiger partial charge in [0.1, 0.15) is 11.4 Å². The first-order chi connectivity index (χ1) is 13.5. The number of para-hydroxylation sites is 1. The summed E-state index contributed by atoms with van der Waals surface area (Å²) in [7, 11) is 0. The number of carbonyl (C=O) groups excluding carboxylic acids is 1. The van der Waals surface area contributed by atoms with Gasteiger partial charge >= 0.3 is 0 Å². The predicted molar refractivity (Wildman–Crippen MR) is 108 cm³/mol. The molecule has 5 nitrogen and oxygen atoms in total. The van der Waals surface area contributed by atoms with Crippen molar-refractivity contribution in [2.45, 2.75) is 63.6 Å². The van der Waals surface area contributed by atoms with Crippen LogP contribution in [0.2, 0.25) is 0 Å². The summed E-state index contributed by atoms with van der Waals surface area (Å²) in [5.41, 5.74) is 2.23. The average molecular weight is 383 g/mol. The maximum atomic E-state index is 12.5. The molecule has 4 rings (SSSR count). The lowest BCUT2D eigenvalue weighted by Crippen LogP contribution is -2.50. The van der Waals surface area contributed by atoms with Crippen LogP contribution >= 0.6 is 0 Å². The summed E-state index contributed by atoms with van der Waals surface area (Å²) in [6, 6.07) is 10.4. The molecule has 2 aliphatic rings. The van der Waals surface area contributed by atoms with Gasteiger partial charge in [-0.3, -0.25) is 9.69 Å². The molecule has 1 amide bonds. The lowest BCUT2D eigenvalue weighted by atomic mass is 9.76. The van der Waals surface area contributed by atoms with Gasteiger partial charge in [0, 0.05) is 43.6 Å². The number of carbonyl (C=O) groups is 1. The number of benzene rings is 1. The van der Waals surface area contributed by atoms with Crippen molar-refractivity contribution in [1.29, 1.82) is 0 Å². The second-order valence-corrected chi connectivity index (χ2v) is 8.56. The molecule has 0 saturated carbocycles. The minimum Gasteiger partial charge on any atom is -0.487 e. The van der Waals surface area contributed by atoms with E-state index in [4.69, 9.17) is 9.15 Å². The van der Waals surface area contributed by atoms with Gasteiger partial charge in [-0.05, 0) is 50.8 Å². The SMILES string of the molecule is CC(C)NC(=O)C[C@H]1CC2(CCN(Cc3ccoc3)CC2)Oc2ccccc21. The second-order valence-electron chi connectivity index (χ2n) is 8.56. The third kappa shape index (κ3) is 4.25. The Morgan fingerprint density at radius 3 is 2.75 bits per heavy atom. The van der Waals surface area contributed by atoms with E-state index in [1.54, 1.807) is 6.26 Å². The molecule has 0 radical (unpaired) electrons. The minimum atomic E-state index is -0.163. The zero-order chi connectivity index (χ0) is 19.6. The Hall–Kier alpha value is -2.27. The lowest BCUT2D eigenvalue weighted by Gasteiger charge is -2.47. The summed E-state index contributed by atoms with van der Waals surface area (Å²) >= 11 is 0. The van der Waals surface area contributed by atoms with Crippen LogP contribution in [0.3, 0.4) is 0 Å². The molecule has 28 heavy (non-hydrogen) atoms. The van der Waals surface area contributed by atoms with Crippen molar-refractivity contribution in [2.24, 2.45) is 0 Å². The number of ether oxygens (including phenoxy) is 1. The Morgan fingerprint density at radius 1 is 1.25 bits per heavy atom. The lowest BCUT2D eigenvalue weighted by molar-refractivity contribution is -0.122. The zero-order valence-corrected chi connectivity index (χ0v) is 16.8. The Bertz CT molecular complexity index is 792. The van der Waals surface area contributed by atoms with Crippen molar-refractivity contribution in [3.63, 3.8) is 0 Å². The molecule has 2 aromatic rings. The van der Waals surface area contributed by atoms with Crippen LogP contribution in [0.1, 0.15) is 56.6 Å². The van der Waals surface area contributed by atoms with Gasteiger partial charge in [-0.25, -0.2) is 0 Å². The Balaban J connectivity index is 1.46. The van der Waals surface area contributed by atoms with E-state index in [0.29, 0.717) is 6.42 Å². The monoisotopic (exact) mass is 382 g/mol. The van der Waals surface area contributed by atoms with Gasteiger partial charge in [0.25, 0.3) is 0 Å².